The molecule has 1 heterocycles. The summed E-state index contributed by atoms with van der Waals surface area (Å²) in [5, 5.41) is 21.7. The van der Waals surface area contributed by atoms with E-state index in [0.717, 1.165) is 32.2 Å². The van der Waals surface area contributed by atoms with Gasteiger partial charge in [-0.15, -0.1) is 0 Å². The van der Waals surface area contributed by atoms with Crippen LogP contribution >= 0.6 is 0 Å². The topological polar surface area (TPSA) is 95.3 Å². The Bertz CT molecular complexity index is 431. The Morgan fingerprint density at radius 2 is 2.11 bits per heavy atom. The van der Waals surface area contributed by atoms with Crippen molar-refractivity contribution in [2.75, 3.05) is 6.54 Å². The zero-order valence-electron chi connectivity index (χ0n) is 10.7. The molecule has 0 atom stereocenters. The summed E-state index contributed by atoms with van der Waals surface area (Å²) in [5.74, 6) is -0.447. The summed E-state index contributed by atoms with van der Waals surface area (Å²) >= 11 is 0. The third-order valence-electron chi connectivity index (χ3n) is 3.57. The standard InChI is InChI=1S/C13H19N3O3/c17-10-3-1-9(2-4-10)5-14-7-12-11(13(18)19)6-15-8-16-12/h6,8-10,14,17H,1-5,7H2,(H,18,19). The van der Waals surface area contributed by atoms with Crippen LogP contribution in [0.1, 0.15) is 41.7 Å². The molecule has 2 rings (SSSR count). The Morgan fingerprint density at radius 3 is 2.79 bits per heavy atom. The maximum atomic E-state index is 11.0. The van der Waals surface area contributed by atoms with E-state index in [1.165, 1.54) is 12.5 Å². The second-order valence-corrected chi connectivity index (χ2v) is 4.99. The van der Waals surface area contributed by atoms with Crippen LogP contribution in [0.25, 0.3) is 0 Å². The fourth-order valence-corrected chi connectivity index (χ4v) is 2.42. The highest BCUT2D eigenvalue weighted by molar-refractivity contribution is 5.88. The van der Waals surface area contributed by atoms with Gasteiger partial charge in [0.05, 0.1) is 11.8 Å². The largest absolute Gasteiger partial charge is 0.478 e. The van der Waals surface area contributed by atoms with Crippen molar-refractivity contribution in [3.63, 3.8) is 0 Å². The molecule has 104 valence electrons. The number of rotatable bonds is 5. The highest BCUT2D eigenvalue weighted by atomic mass is 16.4. The molecule has 0 radical (unpaired) electrons. The Hall–Kier alpha value is -1.53. The molecule has 1 aromatic rings. The molecule has 0 amide bonds. The van der Waals surface area contributed by atoms with Crippen molar-refractivity contribution in [2.45, 2.75) is 38.3 Å². The monoisotopic (exact) mass is 265 g/mol. The molecule has 19 heavy (non-hydrogen) atoms. The van der Waals surface area contributed by atoms with Gasteiger partial charge in [-0.2, -0.15) is 0 Å². The van der Waals surface area contributed by atoms with E-state index < -0.39 is 5.97 Å². The zero-order valence-corrected chi connectivity index (χ0v) is 10.7. The summed E-state index contributed by atoms with van der Waals surface area (Å²) in [6.45, 7) is 1.26. The van der Waals surface area contributed by atoms with E-state index >= 15 is 0 Å². The molecule has 0 spiro atoms. The van der Waals surface area contributed by atoms with Crippen LogP contribution in [-0.2, 0) is 6.54 Å². The Kier molecular flexibility index (Phi) is 4.81. The van der Waals surface area contributed by atoms with E-state index in [-0.39, 0.29) is 11.7 Å². The Morgan fingerprint density at radius 1 is 1.37 bits per heavy atom. The molecule has 1 aromatic heterocycles. The van der Waals surface area contributed by atoms with Gasteiger partial charge in [0.2, 0.25) is 0 Å². The molecule has 3 N–H and O–H groups in total. The third-order valence-corrected chi connectivity index (χ3v) is 3.57. The van der Waals surface area contributed by atoms with Gasteiger partial charge in [-0.25, -0.2) is 14.8 Å². The van der Waals surface area contributed by atoms with Crippen molar-refractivity contribution in [3.05, 3.63) is 23.8 Å². The van der Waals surface area contributed by atoms with Crippen LogP contribution in [0.4, 0.5) is 0 Å². The molecule has 1 fully saturated rings. The van der Waals surface area contributed by atoms with Gasteiger partial charge >= 0.3 is 5.97 Å². The fourth-order valence-electron chi connectivity index (χ4n) is 2.42. The Balaban J connectivity index is 1.81. The van der Waals surface area contributed by atoms with Crippen molar-refractivity contribution in [1.82, 2.24) is 15.3 Å². The van der Waals surface area contributed by atoms with Gasteiger partial charge in [0.25, 0.3) is 0 Å². The maximum absolute atomic E-state index is 11.0. The number of carboxylic acids is 1. The van der Waals surface area contributed by atoms with Crippen molar-refractivity contribution < 1.29 is 15.0 Å². The van der Waals surface area contributed by atoms with Crippen LogP contribution in [0.15, 0.2) is 12.5 Å². The molecule has 0 aliphatic heterocycles. The van der Waals surface area contributed by atoms with Crippen LogP contribution in [-0.4, -0.2) is 38.8 Å². The number of carbonyl (C=O) groups is 1. The Labute approximate surface area is 111 Å². The number of aromatic nitrogens is 2. The summed E-state index contributed by atoms with van der Waals surface area (Å²) in [6.07, 6.45) is 6.30. The predicted octanol–water partition coefficient (Wildman–Crippen LogP) is 0.815. The lowest BCUT2D eigenvalue weighted by atomic mass is 9.87. The van der Waals surface area contributed by atoms with Crippen LogP contribution in [0.2, 0.25) is 0 Å². The van der Waals surface area contributed by atoms with Gasteiger partial charge in [-0.3, -0.25) is 0 Å². The summed E-state index contributed by atoms with van der Waals surface area (Å²) in [5.41, 5.74) is 0.660. The minimum Gasteiger partial charge on any atom is -0.478 e. The van der Waals surface area contributed by atoms with Gasteiger partial charge < -0.3 is 15.5 Å². The molecule has 0 saturated heterocycles. The second-order valence-electron chi connectivity index (χ2n) is 4.99. The molecule has 1 aliphatic rings. The first-order valence-corrected chi connectivity index (χ1v) is 6.57. The normalized spacial score (nSPS) is 23.2. The number of aromatic carboxylic acids is 1. The third kappa shape index (κ3) is 3.97. The zero-order chi connectivity index (χ0) is 13.7. The lowest BCUT2D eigenvalue weighted by Gasteiger charge is -2.25. The predicted molar refractivity (Wildman–Crippen MR) is 68.7 cm³/mol. The van der Waals surface area contributed by atoms with Crippen molar-refractivity contribution in [2.24, 2.45) is 5.92 Å². The van der Waals surface area contributed by atoms with Crippen LogP contribution in [0.3, 0.4) is 0 Å². The maximum Gasteiger partial charge on any atom is 0.339 e. The molecule has 0 bridgehead atoms. The van der Waals surface area contributed by atoms with Crippen molar-refractivity contribution in [1.29, 1.82) is 0 Å². The van der Waals surface area contributed by atoms with E-state index in [2.05, 4.69) is 15.3 Å². The highest BCUT2D eigenvalue weighted by Gasteiger charge is 2.19. The van der Waals surface area contributed by atoms with Crippen LogP contribution in [0.5, 0.6) is 0 Å². The van der Waals surface area contributed by atoms with E-state index in [9.17, 15) is 9.90 Å². The van der Waals surface area contributed by atoms with Crippen molar-refractivity contribution in [3.8, 4) is 0 Å². The SMILES string of the molecule is O=C(O)c1cncnc1CNCC1CCC(O)CC1. The van der Waals surface area contributed by atoms with Gasteiger partial charge in [0.1, 0.15) is 11.9 Å². The minimum absolute atomic E-state index is 0.142. The molecule has 6 nitrogen and oxygen atoms in total. The van der Waals surface area contributed by atoms with Crippen LogP contribution < -0.4 is 5.32 Å². The number of nitrogens with zero attached hydrogens (tertiary/aromatic N) is 2. The number of aliphatic hydroxyl groups is 1. The summed E-state index contributed by atoms with van der Waals surface area (Å²) < 4.78 is 0. The molecule has 6 heteroatoms. The average Bonchev–Trinajstić information content (AvgIpc) is 2.41. The van der Waals surface area contributed by atoms with Gasteiger partial charge in [0, 0.05) is 12.7 Å². The number of hydrogen-bond acceptors (Lipinski definition) is 5. The fraction of sp³-hybridized carbons (Fsp3) is 0.615. The van der Waals surface area contributed by atoms with E-state index in [1.807, 2.05) is 0 Å². The number of aliphatic hydroxyl groups excluding tert-OH is 1. The van der Waals surface area contributed by atoms with Crippen LogP contribution in [0, 0.1) is 5.92 Å². The molecular weight excluding hydrogens is 246 g/mol. The molecule has 0 aromatic carbocycles. The number of hydrogen-bond donors (Lipinski definition) is 3. The van der Waals surface area contributed by atoms with E-state index in [0.29, 0.717) is 18.2 Å². The lowest BCUT2D eigenvalue weighted by Crippen LogP contribution is -2.28. The van der Waals surface area contributed by atoms with E-state index in [1.54, 1.807) is 0 Å². The summed E-state index contributed by atoms with van der Waals surface area (Å²) in [4.78, 5) is 18.7. The first kappa shape index (κ1) is 13.9. The second kappa shape index (κ2) is 6.58. The van der Waals surface area contributed by atoms with Gasteiger partial charge in [0.15, 0.2) is 0 Å². The first-order chi connectivity index (χ1) is 9.16. The molecule has 1 aliphatic carbocycles. The molecule has 1 saturated carbocycles. The smallest absolute Gasteiger partial charge is 0.339 e. The quantitative estimate of drug-likeness (QED) is 0.729. The number of nitrogens with one attached hydrogen (secondary N) is 1. The summed E-state index contributed by atoms with van der Waals surface area (Å²) in [6, 6.07) is 0. The molecule has 0 unspecified atom stereocenters. The average molecular weight is 265 g/mol. The minimum atomic E-state index is -1.00. The molecular formula is C13H19N3O3. The lowest BCUT2D eigenvalue weighted by molar-refractivity contribution is 0.0694. The van der Waals surface area contributed by atoms with Gasteiger partial charge in [-0.1, -0.05) is 0 Å². The number of carboxylic acid groups (broad SMARTS) is 1. The van der Waals surface area contributed by atoms with Gasteiger partial charge in [-0.05, 0) is 38.1 Å². The highest BCUT2D eigenvalue weighted by Crippen LogP contribution is 2.23. The van der Waals surface area contributed by atoms with E-state index in [4.69, 9.17) is 5.11 Å². The van der Waals surface area contributed by atoms with Crippen molar-refractivity contribution >= 4 is 5.97 Å². The summed E-state index contributed by atoms with van der Waals surface area (Å²) in [7, 11) is 0. The first-order valence-electron chi connectivity index (χ1n) is 6.57.